The van der Waals surface area contributed by atoms with Gasteiger partial charge in [-0.05, 0) is 30.3 Å². The van der Waals surface area contributed by atoms with Crippen molar-refractivity contribution in [2.24, 2.45) is 0 Å². The van der Waals surface area contributed by atoms with E-state index < -0.39 is 16.4 Å². The van der Waals surface area contributed by atoms with Gasteiger partial charge in [0.2, 0.25) is 5.75 Å². The molecule has 0 unspecified atom stereocenters. The lowest BCUT2D eigenvalue weighted by atomic mass is 10.3. The molecule has 2 aromatic rings. The van der Waals surface area contributed by atoms with Gasteiger partial charge in [0.15, 0.2) is 0 Å². The molecule has 2 aromatic carbocycles. The Morgan fingerprint density at radius 3 is 2.63 bits per heavy atom. The van der Waals surface area contributed by atoms with Crippen LogP contribution in [0.2, 0.25) is 5.02 Å². The Morgan fingerprint density at radius 2 is 1.95 bits per heavy atom. The van der Waals surface area contributed by atoms with Gasteiger partial charge in [0, 0.05) is 4.47 Å². The third-order valence-corrected chi connectivity index (χ3v) is 3.04. The monoisotopic (exact) mass is 345 g/mol. The summed E-state index contributed by atoms with van der Waals surface area (Å²) < 4.78 is 19.1. The van der Waals surface area contributed by atoms with Crippen LogP contribution in [0.15, 0.2) is 40.9 Å². The second-order valence-corrected chi connectivity index (χ2v) is 4.87. The van der Waals surface area contributed by atoms with Crippen LogP contribution in [0.4, 0.5) is 10.1 Å². The zero-order valence-electron chi connectivity index (χ0n) is 9.27. The van der Waals surface area contributed by atoms with E-state index in [1.165, 1.54) is 6.07 Å². The molecule has 0 spiro atoms. The molecule has 0 aliphatic heterocycles. The van der Waals surface area contributed by atoms with E-state index in [0.717, 1.165) is 12.1 Å². The first-order chi connectivity index (χ1) is 8.97. The second-order valence-electron chi connectivity index (χ2n) is 3.55. The lowest BCUT2D eigenvalue weighted by Gasteiger charge is -2.08. The van der Waals surface area contributed by atoms with Crippen molar-refractivity contribution in [1.82, 2.24) is 0 Å². The zero-order valence-corrected chi connectivity index (χ0v) is 11.6. The van der Waals surface area contributed by atoms with E-state index >= 15 is 0 Å². The average molecular weight is 347 g/mol. The number of halogens is 3. The lowest BCUT2D eigenvalue weighted by Crippen LogP contribution is -1.94. The largest absolute Gasteiger partial charge is 0.449 e. The maximum atomic E-state index is 13.0. The molecule has 98 valence electrons. The highest BCUT2D eigenvalue weighted by Gasteiger charge is 2.18. The van der Waals surface area contributed by atoms with Crippen LogP contribution in [-0.4, -0.2) is 4.92 Å². The van der Waals surface area contributed by atoms with Crippen molar-refractivity contribution in [3.8, 4) is 11.5 Å². The Hall–Kier alpha value is -1.66. The summed E-state index contributed by atoms with van der Waals surface area (Å²) in [5.74, 6) is -0.545. The maximum Gasteiger partial charge on any atom is 0.314 e. The van der Waals surface area contributed by atoms with Crippen molar-refractivity contribution < 1.29 is 14.1 Å². The molecule has 0 bridgehead atoms. The fraction of sp³-hybridized carbons (Fsp3) is 0. The number of ether oxygens (including phenoxy) is 1. The van der Waals surface area contributed by atoms with Crippen molar-refractivity contribution in [3.05, 3.63) is 61.8 Å². The summed E-state index contributed by atoms with van der Waals surface area (Å²) in [4.78, 5) is 10.1. The van der Waals surface area contributed by atoms with Crippen LogP contribution >= 0.6 is 27.5 Å². The molecular formula is C12H6BrClFNO3. The van der Waals surface area contributed by atoms with Crippen molar-refractivity contribution in [2.45, 2.75) is 0 Å². The normalized spacial score (nSPS) is 10.3. The van der Waals surface area contributed by atoms with E-state index in [1.807, 2.05) is 0 Å². The van der Waals surface area contributed by atoms with Crippen LogP contribution in [0, 0.1) is 15.9 Å². The molecule has 0 saturated heterocycles. The molecule has 0 fully saturated rings. The Balaban J connectivity index is 2.43. The number of nitro groups is 1. The molecule has 0 aliphatic carbocycles. The van der Waals surface area contributed by atoms with Gasteiger partial charge < -0.3 is 4.74 Å². The third kappa shape index (κ3) is 3.21. The quantitative estimate of drug-likeness (QED) is 0.584. The van der Waals surface area contributed by atoms with Gasteiger partial charge in [-0.25, -0.2) is 4.39 Å². The molecule has 0 N–H and O–H groups in total. The smallest absolute Gasteiger partial charge is 0.314 e. The molecule has 4 nitrogen and oxygen atoms in total. The third-order valence-electron chi connectivity index (χ3n) is 2.23. The van der Waals surface area contributed by atoms with Gasteiger partial charge >= 0.3 is 5.69 Å². The van der Waals surface area contributed by atoms with Crippen molar-refractivity contribution in [1.29, 1.82) is 0 Å². The van der Waals surface area contributed by atoms with Gasteiger partial charge in [0.05, 0.1) is 16.0 Å². The number of benzene rings is 2. The van der Waals surface area contributed by atoms with Gasteiger partial charge in [0.25, 0.3) is 0 Å². The Kier molecular flexibility index (Phi) is 4.01. The van der Waals surface area contributed by atoms with E-state index in [-0.39, 0.29) is 11.5 Å². The Labute approximate surface area is 121 Å². The summed E-state index contributed by atoms with van der Waals surface area (Å²) in [5.41, 5.74) is -0.462. The second kappa shape index (κ2) is 5.54. The van der Waals surface area contributed by atoms with Crippen LogP contribution in [0.5, 0.6) is 11.5 Å². The molecule has 0 amide bonds. The van der Waals surface area contributed by atoms with Gasteiger partial charge in [-0.1, -0.05) is 27.5 Å². The minimum Gasteiger partial charge on any atom is -0.449 e. The zero-order chi connectivity index (χ0) is 14.0. The molecule has 0 atom stereocenters. The summed E-state index contributed by atoms with van der Waals surface area (Å²) in [6, 6.07) is 7.90. The standard InChI is InChI=1S/C12H6BrClFNO3/c13-7-1-3-9(14)12(5-7)19-11-4-2-8(15)6-10(11)16(17)18/h1-6H. The van der Waals surface area contributed by atoms with Gasteiger partial charge in [0.1, 0.15) is 11.6 Å². The maximum absolute atomic E-state index is 13.0. The first-order valence-electron chi connectivity index (χ1n) is 5.04. The van der Waals surface area contributed by atoms with E-state index in [2.05, 4.69) is 15.9 Å². The molecule has 0 heterocycles. The predicted octanol–water partition coefficient (Wildman–Crippen LogP) is 4.94. The summed E-state index contributed by atoms with van der Waals surface area (Å²) >= 11 is 9.16. The highest BCUT2D eigenvalue weighted by molar-refractivity contribution is 9.10. The van der Waals surface area contributed by atoms with Crippen LogP contribution in [0.1, 0.15) is 0 Å². The summed E-state index contributed by atoms with van der Waals surface area (Å²) in [6.07, 6.45) is 0. The Morgan fingerprint density at radius 1 is 1.21 bits per heavy atom. The molecule has 0 aromatic heterocycles. The predicted molar refractivity (Wildman–Crippen MR) is 72.3 cm³/mol. The minimum atomic E-state index is -0.718. The van der Waals surface area contributed by atoms with E-state index in [4.69, 9.17) is 16.3 Å². The van der Waals surface area contributed by atoms with Gasteiger partial charge in [-0.2, -0.15) is 0 Å². The molecule has 0 radical (unpaired) electrons. The van der Waals surface area contributed by atoms with Crippen LogP contribution in [0.25, 0.3) is 0 Å². The first-order valence-corrected chi connectivity index (χ1v) is 6.21. The van der Waals surface area contributed by atoms with Crippen molar-refractivity contribution in [2.75, 3.05) is 0 Å². The SMILES string of the molecule is O=[N+]([O-])c1cc(F)ccc1Oc1cc(Br)ccc1Cl. The van der Waals surface area contributed by atoms with Crippen LogP contribution < -0.4 is 4.74 Å². The fourth-order valence-electron chi connectivity index (χ4n) is 1.39. The van der Waals surface area contributed by atoms with Crippen molar-refractivity contribution in [3.63, 3.8) is 0 Å². The van der Waals surface area contributed by atoms with Crippen LogP contribution in [-0.2, 0) is 0 Å². The molecule has 0 aliphatic rings. The Bertz CT molecular complexity index is 651. The van der Waals surface area contributed by atoms with Gasteiger partial charge in [-0.15, -0.1) is 0 Å². The molecule has 7 heteroatoms. The molecule has 2 rings (SSSR count). The van der Waals surface area contributed by atoms with E-state index in [0.29, 0.717) is 9.50 Å². The minimum absolute atomic E-state index is 0.0774. The number of rotatable bonds is 3. The highest BCUT2D eigenvalue weighted by Crippen LogP contribution is 2.36. The fourth-order valence-corrected chi connectivity index (χ4v) is 1.89. The molecular weight excluding hydrogens is 340 g/mol. The number of nitro benzene ring substituents is 1. The van der Waals surface area contributed by atoms with Gasteiger partial charge in [-0.3, -0.25) is 10.1 Å². The number of hydrogen-bond donors (Lipinski definition) is 0. The van der Waals surface area contributed by atoms with E-state index in [1.54, 1.807) is 18.2 Å². The summed E-state index contributed by atoms with van der Waals surface area (Å²) in [5, 5.41) is 11.1. The lowest BCUT2D eigenvalue weighted by molar-refractivity contribution is -0.385. The number of hydrogen-bond acceptors (Lipinski definition) is 3. The van der Waals surface area contributed by atoms with Crippen molar-refractivity contribution >= 4 is 33.2 Å². The first kappa shape index (κ1) is 13.8. The highest BCUT2D eigenvalue weighted by atomic mass is 79.9. The molecule has 19 heavy (non-hydrogen) atoms. The average Bonchev–Trinajstić information content (AvgIpc) is 2.35. The van der Waals surface area contributed by atoms with Crippen LogP contribution in [0.3, 0.4) is 0 Å². The number of nitrogens with zero attached hydrogens (tertiary/aromatic N) is 1. The summed E-state index contributed by atoms with van der Waals surface area (Å²) in [6.45, 7) is 0. The summed E-state index contributed by atoms with van der Waals surface area (Å²) in [7, 11) is 0. The topological polar surface area (TPSA) is 52.4 Å². The molecule has 0 saturated carbocycles. The van der Waals surface area contributed by atoms with E-state index in [9.17, 15) is 14.5 Å².